The first kappa shape index (κ1) is 18.6. The standard InChI is InChI=1S/C21H26N6O/c1-28-18-9-17(11-22)27(13-18)21-10-20(25-14-26-21)23-7-6-15-8-16-4-2-3-5-19(16)24-12-15/h2-5,8,10,12,14,17-18H,6-7,9,11,13,22H2,1H3,(H,23,25,26)/t17-,18-/m0/s1. The number of nitrogens with two attached hydrogens (primary N) is 1. The number of rotatable bonds is 7. The minimum Gasteiger partial charge on any atom is -0.380 e. The molecule has 1 saturated heterocycles. The maximum atomic E-state index is 5.94. The van der Waals surface area contributed by atoms with E-state index in [9.17, 15) is 0 Å². The first-order valence-electron chi connectivity index (χ1n) is 9.66. The van der Waals surface area contributed by atoms with Gasteiger partial charge in [-0.15, -0.1) is 0 Å². The van der Waals surface area contributed by atoms with Crippen LogP contribution < -0.4 is 16.0 Å². The Labute approximate surface area is 165 Å². The molecular formula is C21H26N6O. The number of ether oxygens (including phenoxy) is 1. The second kappa shape index (κ2) is 8.50. The second-order valence-corrected chi connectivity index (χ2v) is 7.11. The van der Waals surface area contributed by atoms with Gasteiger partial charge >= 0.3 is 0 Å². The van der Waals surface area contributed by atoms with Gasteiger partial charge in [-0.25, -0.2) is 9.97 Å². The van der Waals surface area contributed by atoms with Crippen molar-refractivity contribution >= 4 is 22.5 Å². The zero-order chi connectivity index (χ0) is 19.3. The van der Waals surface area contributed by atoms with Gasteiger partial charge in [0.1, 0.15) is 18.0 Å². The van der Waals surface area contributed by atoms with E-state index in [0.717, 1.165) is 43.1 Å². The van der Waals surface area contributed by atoms with Crippen molar-refractivity contribution in [3.8, 4) is 0 Å². The van der Waals surface area contributed by atoms with E-state index in [0.29, 0.717) is 6.54 Å². The topological polar surface area (TPSA) is 89.2 Å². The molecule has 1 aliphatic rings. The lowest BCUT2D eigenvalue weighted by atomic mass is 10.1. The number of hydrogen-bond acceptors (Lipinski definition) is 7. The number of methoxy groups -OCH3 is 1. The first-order chi connectivity index (χ1) is 13.8. The molecule has 0 amide bonds. The van der Waals surface area contributed by atoms with Gasteiger partial charge in [-0.3, -0.25) is 4.98 Å². The van der Waals surface area contributed by atoms with Crippen LogP contribution in [0.3, 0.4) is 0 Å². The summed E-state index contributed by atoms with van der Waals surface area (Å²) in [6.45, 7) is 2.16. The molecule has 2 atom stereocenters. The molecule has 1 aromatic carbocycles. The quantitative estimate of drug-likeness (QED) is 0.652. The van der Waals surface area contributed by atoms with Crippen molar-refractivity contribution in [2.75, 3.05) is 37.0 Å². The van der Waals surface area contributed by atoms with E-state index in [1.165, 1.54) is 10.9 Å². The molecule has 0 unspecified atom stereocenters. The molecule has 3 heterocycles. The summed E-state index contributed by atoms with van der Waals surface area (Å²) in [6, 6.07) is 12.6. The van der Waals surface area contributed by atoms with E-state index in [4.69, 9.17) is 10.5 Å². The summed E-state index contributed by atoms with van der Waals surface area (Å²) in [6.07, 6.45) is 5.53. The highest BCUT2D eigenvalue weighted by Crippen LogP contribution is 2.26. The number of anilines is 2. The maximum absolute atomic E-state index is 5.94. The lowest BCUT2D eigenvalue weighted by molar-refractivity contribution is 0.118. The largest absolute Gasteiger partial charge is 0.380 e. The van der Waals surface area contributed by atoms with Crippen LogP contribution in [0.25, 0.3) is 10.9 Å². The minimum atomic E-state index is 0.195. The highest BCUT2D eigenvalue weighted by Gasteiger charge is 2.32. The van der Waals surface area contributed by atoms with Gasteiger partial charge in [-0.05, 0) is 30.5 Å². The summed E-state index contributed by atoms with van der Waals surface area (Å²) >= 11 is 0. The normalized spacial score (nSPS) is 19.3. The molecule has 7 nitrogen and oxygen atoms in total. The molecule has 146 valence electrons. The summed E-state index contributed by atoms with van der Waals surface area (Å²) in [5.41, 5.74) is 8.16. The Morgan fingerprint density at radius 3 is 2.96 bits per heavy atom. The molecule has 1 aliphatic heterocycles. The Morgan fingerprint density at radius 1 is 1.21 bits per heavy atom. The highest BCUT2D eigenvalue weighted by molar-refractivity contribution is 5.78. The van der Waals surface area contributed by atoms with E-state index in [-0.39, 0.29) is 12.1 Å². The summed E-state index contributed by atoms with van der Waals surface area (Å²) in [4.78, 5) is 15.5. The molecule has 3 aromatic rings. The van der Waals surface area contributed by atoms with Crippen LogP contribution in [0, 0.1) is 0 Å². The fourth-order valence-corrected chi connectivity index (χ4v) is 3.74. The average molecular weight is 378 g/mol. The molecule has 0 spiro atoms. The van der Waals surface area contributed by atoms with Gasteiger partial charge in [0.05, 0.1) is 11.6 Å². The zero-order valence-corrected chi connectivity index (χ0v) is 16.1. The zero-order valence-electron chi connectivity index (χ0n) is 16.1. The lowest BCUT2D eigenvalue weighted by Gasteiger charge is -2.24. The number of fused-ring (bicyclic) bond motifs is 1. The first-order valence-corrected chi connectivity index (χ1v) is 9.66. The van der Waals surface area contributed by atoms with Crippen LogP contribution in [0.1, 0.15) is 12.0 Å². The Bertz CT molecular complexity index is 933. The monoisotopic (exact) mass is 378 g/mol. The molecular weight excluding hydrogens is 352 g/mol. The van der Waals surface area contributed by atoms with Crippen molar-refractivity contribution in [1.29, 1.82) is 0 Å². The van der Waals surface area contributed by atoms with Crippen molar-refractivity contribution in [2.24, 2.45) is 5.73 Å². The van der Waals surface area contributed by atoms with Crippen LogP contribution in [-0.4, -0.2) is 53.8 Å². The number of hydrogen-bond donors (Lipinski definition) is 2. The molecule has 7 heteroatoms. The van der Waals surface area contributed by atoms with Crippen molar-refractivity contribution in [3.63, 3.8) is 0 Å². The highest BCUT2D eigenvalue weighted by atomic mass is 16.5. The number of aromatic nitrogens is 3. The molecule has 4 rings (SSSR count). The fraction of sp³-hybridized carbons (Fsp3) is 0.381. The van der Waals surface area contributed by atoms with Crippen LogP contribution in [0.2, 0.25) is 0 Å². The SMILES string of the molecule is CO[C@H]1C[C@@H](CN)N(c2cc(NCCc3cnc4ccccc4c3)ncn2)C1. The van der Waals surface area contributed by atoms with Crippen LogP contribution >= 0.6 is 0 Å². The Hall–Kier alpha value is -2.77. The molecule has 0 saturated carbocycles. The van der Waals surface area contributed by atoms with E-state index in [1.54, 1.807) is 13.4 Å². The smallest absolute Gasteiger partial charge is 0.134 e. The average Bonchev–Trinajstić information content (AvgIpc) is 3.18. The number of nitrogens with zero attached hydrogens (tertiary/aromatic N) is 4. The summed E-state index contributed by atoms with van der Waals surface area (Å²) < 4.78 is 5.51. The third-order valence-corrected chi connectivity index (χ3v) is 5.30. The Morgan fingerprint density at radius 2 is 2.11 bits per heavy atom. The lowest BCUT2D eigenvalue weighted by Crippen LogP contribution is -2.36. The van der Waals surface area contributed by atoms with Crippen LogP contribution in [0.4, 0.5) is 11.6 Å². The van der Waals surface area contributed by atoms with E-state index in [1.807, 2.05) is 30.5 Å². The summed E-state index contributed by atoms with van der Waals surface area (Å²) in [5.74, 6) is 1.70. The van der Waals surface area contributed by atoms with Gasteiger partial charge in [-0.1, -0.05) is 18.2 Å². The van der Waals surface area contributed by atoms with Crippen molar-refractivity contribution < 1.29 is 4.74 Å². The van der Waals surface area contributed by atoms with Crippen molar-refractivity contribution in [3.05, 3.63) is 54.5 Å². The van der Waals surface area contributed by atoms with E-state index in [2.05, 4.69) is 37.3 Å². The number of nitrogens with one attached hydrogen (secondary N) is 1. The third kappa shape index (κ3) is 4.05. The van der Waals surface area contributed by atoms with E-state index < -0.39 is 0 Å². The molecule has 28 heavy (non-hydrogen) atoms. The van der Waals surface area contributed by atoms with Gasteiger partial charge in [0, 0.05) is 50.4 Å². The maximum Gasteiger partial charge on any atom is 0.134 e. The van der Waals surface area contributed by atoms with E-state index >= 15 is 0 Å². The Kier molecular flexibility index (Phi) is 5.64. The molecule has 0 aliphatic carbocycles. The summed E-state index contributed by atoms with van der Waals surface area (Å²) in [7, 11) is 1.75. The molecule has 1 fully saturated rings. The minimum absolute atomic E-state index is 0.195. The molecule has 0 bridgehead atoms. The van der Waals surface area contributed by atoms with Crippen molar-refractivity contribution in [2.45, 2.75) is 25.0 Å². The number of benzene rings is 1. The molecule has 3 N–H and O–H groups in total. The van der Waals surface area contributed by atoms with Crippen LogP contribution in [-0.2, 0) is 11.2 Å². The molecule has 2 aromatic heterocycles. The number of pyridine rings is 1. The fourth-order valence-electron chi connectivity index (χ4n) is 3.74. The van der Waals surface area contributed by atoms with Crippen LogP contribution in [0.15, 0.2) is 48.9 Å². The Balaban J connectivity index is 1.39. The third-order valence-electron chi connectivity index (χ3n) is 5.30. The second-order valence-electron chi connectivity index (χ2n) is 7.11. The predicted molar refractivity (Wildman–Crippen MR) is 112 cm³/mol. The van der Waals surface area contributed by atoms with Gasteiger partial charge in [0.15, 0.2) is 0 Å². The van der Waals surface area contributed by atoms with Gasteiger partial charge in [0.25, 0.3) is 0 Å². The summed E-state index contributed by atoms with van der Waals surface area (Å²) in [5, 5.41) is 4.56. The van der Waals surface area contributed by atoms with Gasteiger partial charge in [-0.2, -0.15) is 0 Å². The van der Waals surface area contributed by atoms with Crippen LogP contribution in [0.5, 0.6) is 0 Å². The van der Waals surface area contributed by atoms with Gasteiger partial charge < -0.3 is 20.7 Å². The molecule has 0 radical (unpaired) electrons. The predicted octanol–water partition coefficient (Wildman–Crippen LogP) is 2.23. The van der Waals surface area contributed by atoms with Crippen molar-refractivity contribution in [1.82, 2.24) is 15.0 Å². The van der Waals surface area contributed by atoms with Gasteiger partial charge in [0.2, 0.25) is 0 Å². The number of para-hydroxylation sites is 1.